The zero-order valence-corrected chi connectivity index (χ0v) is 9.10. The summed E-state index contributed by atoms with van der Waals surface area (Å²) < 4.78 is 1.35. The first kappa shape index (κ1) is 8.51. The Morgan fingerprint density at radius 1 is 1.25 bits per heavy atom. The van der Waals surface area contributed by atoms with Crippen LogP contribution in [0.4, 0.5) is 0 Å². The molecule has 1 aromatic rings. The Morgan fingerprint density at radius 2 is 2.17 bits per heavy atom. The third-order valence-electron chi connectivity index (χ3n) is 2.28. The highest BCUT2D eigenvalue weighted by molar-refractivity contribution is 14.1. The van der Waals surface area contributed by atoms with Crippen molar-refractivity contribution in [3.8, 4) is 0 Å². The van der Waals surface area contributed by atoms with Crippen molar-refractivity contribution >= 4 is 22.6 Å². The van der Waals surface area contributed by atoms with Gasteiger partial charge in [-0.2, -0.15) is 0 Å². The number of halogens is 1. The smallest absolute Gasteiger partial charge is 0.0208 e. The van der Waals surface area contributed by atoms with Crippen LogP contribution in [0, 0.1) is 3.57 Å². The average Bonchev–Trinajstić information content (AvgIpc) is 2.28. The van der Waals surface area contributed by atoms with Crippen molar-refractivity contribution in [2.45, 2.75) is 19.4 Å². The normalized spacial score (nSPS) is 16.8. The van der Waals surface area contributed by atoms with Crippen LogP contribution in [0.2, 0.25) is 0 Å². The molecule has 1 nitrogen and oxygen atoms in total. The van der Waals surface area contributed by atoms with E-state index in [1.165, 1.54) is 27.5 Å². The molecule has 0 aromatic heterocycles. The van der Waals surface area contributed by atoms with Crippen molar-refractivity contribution in [1.29, 1.82) is 0 Å². The number of benzene rings is 1. The van der Waals surface area contributed by atoms with E-state index in [-0.39, 0.29) is 0 Å². The van der Waals surface area contributed by atoms with Crippen LogP contribution in [0.3, 0.4) is 0 Å². The largest absolute Gasteiger partial charge is 0.313 e. The summed E-state index contributed by atoms with van der Waals surface area (Å²) in [6.45, 7) is 2.21. The Morgan fingerprint density at radius 3 is 3.08 bits per heavy atom. The second-order valence-electron chi connectivity index (χ2n) is 3.19. The number of hydrogen-bond acceptors (Lipinski definition) is 1. The van der Waals surface area contributed by atoms with Gasteiger partial charge in [0.25, 0.3) is 0 Å². The van der Waals surface area contributed by atoms with Gasteiger partial charge in [0.1, 0.15) is 0 Å². The minimum atomic E-state index is 1.05. The van der Waals surface area contributed by atoms with E-state index in [1.807, 2.05) is 0 Å². The Labute approximate surface area is 86.7 Å². The Hall–Kier alpha value is -0.0900. The molecule has 0 aliphatic carbocycles. The lowest BCUT2D eigenvalue weighted by atomic mass is 10.0. The van der Waals surface area contributed by atoms with Gasteiger partial charge in [-0.25, -0.2) is 0 Å². The van der Waals surface area contributed by atoms with Crippen LogP contribution in [0.15, 0.2) is 18.2 Å². The van der Waals surface area contributed by atoms with Gasteiger partial charge in [0.15, 0.2) is 0 Å². The monoisotopic (exact) mass is 273 g/mol. The van der Waals surface area contributed by atoms with Crippen LogP contribution in [-0.2, 0) is 13.0 Å². The maximum atomic E-state index is 3.42. The topological polar surface area (TPSA) is 12.0 Å². The van der Waals surface area contributed by atoms with Gasteiger partial charge in [0.05, 0.1) is 0 Å². The standard InChI is InChI=1S/C10H12IN/c11-10-4-3-9-7-12-5-1-2-8(9)6-10/h3-4,6,12H,1-2,5,7H2. The van der Waals surface area contributed by atoms with Gasteiger partial charge in [-0.1, -0.05) is 6.07 Å². The highest BCUT2D eigenvalue weighted by Gasteiger charge is 2.06. The van der Waals surface area contributed by atoms with E-state index in [9.17, 15) is 0 Å². The Bertz CT molecular complexity index is 283. The predicted molar refractivity (Wildman–Crippen MR) is 59.2 cm³/mol. The van der Waals surface area contributed by atoms with Gasteiger partial charge in [0.2, 0.25) is 0 Å². The van der Waals surface area contributed by atoms with Crippen LogP contribution in [0.25, 0.3) is 0 Å². The summed E-state index contributed by atoms with van der Waals surface area (Å²) in [6.07, 6.45) is 2.51. The van der Waals surface area contributed by atoms with Crippen molar-refractivity contribution in [3.05, 3.63) is 32.9 Å². The number of hydrogen-bond donors (Lipinski definition) is 1. The van der Waals surface area contributed by atoms with Crippen LogP contribution < -0.4 is 5.32 Å². The lowest BCUT2D eigenvalue weighted by Gasteiger charge is -2.04. The molecule has 1 aliphatic heterocycles. The van der Waals surface area contributed by atoms with Crippen molar-refractivity contribution in [1.82, 2.24) is 5.32 Å². The molecule has 2 rings (SSSR count). The lowest BCUT2D eigenvalue weighted by molar-refractivity contribution is 0.681. The van der Waals surface area contributed by atoms with Gasteiger partial charge in [0, 0.05) is 10.1 Å². The molecule has 0 atom stereocenters. The van der Waals surface area contributed by atoms with Gasteiger partial charge in [-0.05, 0) is 65.2 Å². The van der Waals surface area contributed by atoms with Crippen LogP contribution in [0.5, 0.6) is 0 Å². The number of rotatable bonds is 0. The maximum Gasteiger partial charge on any atom is 0.0208 e. The minimum Gasteiger partial charge on any atom is -0.313 e. The molecule has 0 fully saturated rings. The third-order valence-corrected chi connectivity index (χ3v) is 2.95. The molecule has 2 heteroatoms. The maximum absolute atomic E-state index is 3.42. The molecule has 0 amide bonds. The highest BCUT2D eigenvalue weighted by Crippen LogP contribution is 2.17. The molecule has 0 unspecified atom stereocenters. The molecule has 0 saturated carbocycles. The zero-order chi connectivity index (χ0) is 8.39. The van der Waals surface area contributed by atoms with E-state index in [1.54, 1.807) is 0 Å². The summed E-state index contributed by atoms with van der Waals surface area (Å²) in [5.41, 5.74) is 3.01. The summed E-state index contributed by atoms with van der Waals surface area (Å²) in [7, 11) is 0. The second kappa shape index (κ2) is 3.75. The predicted octanol–water partition coefficient (Wildman–Crippen LogP) is 2.33. The first-order chi connectivity index (χ1) is 5.86. The average molecular weight is 273 g/mol. The summed E-state index contributed by atoms with van der Waals surface area (Å²) in [6, 6.07) is 6.74. The quantitative estimate of drug-likeness (QED) is 0.715. The minimum absolute atomic E-state index is 1.05. The van der Waals surface area contributed by atoms with Crippen molar-refractivity contribution in [3.63, 3.8) is 0 Å². The van der Waals surface area contributed by atoms with Gasteiger partial charge < -0.3 is 5.32 Å². The van der Waals surface area contributed by atoms with E-state index in [4.69, 9.17) is 0 Å². The van der Waals surface area contributed by atoms with Crippen molar-refractivity contribution in [2.24, 2.45) is 0 Å². The Kier molecular flexibility index (Phi) is 2.66. The van der Waals surface area contributed by atoms with Crippen molar-refractivity contribution in [2.75, 3.05) is 6.54 Å². The molecular weight excluding hydrogens is 261 g/mol. The molecule has 1 aromatic carbocycles. The van der Waals surface area contributed by atoms with E-state index >= 15 is 0 Å². The first-order valence-corrected chi connectivity index (χ1v) is 5.42. The molecule has 1 N–H and O–H groups in total. The number of fused-ring (bicyclic) bond motifs is 1. The van der Waals surface area contributed by atoms with Crippen LogP contribution >= 0.6 is 22.6 Å². The fraction of sp³-hybridized carbons (Fsp3) is 0.400. The van der Waals surface area contributed by atoms with Gasteiger partial charge >= 0.3 is 0 Å². The summed E-state index contributed by atoms with van der Waals surface area (Å²) in [5.74, 6) is 0. The number of aryl methyl sites for hydroxylation is 1. The lowest BCUT2D eigenvalue weighted by Crippen LogP contribution is -2.11. The van der Waals surface area contributed by atoms with E-state index in [0.717, 1.165) is 13.1 Å². The van der Waals surface area contributed by atoms with Crippen LogP contribution in [0.1, 0.15) is 17.5 Å². The molecule has 1 aliphatic rings. The molecule has 64 valence electrons. The second-order valence-corrected chi connectivity index (χ2v) is 4.44. The molecule has 0 bridgehead atoms. The van der Waals surface area contributed by atoms with E-state index in [2.05, 4.69) is 46.1 Å². The molecule has 0 radical (unpaired) electrons. The van der Waals surface area contributed by atoms with Gasteiger partial charge in [-0.15, -0.1) is 0 Å². The fourth-order valence-electron chi connectivity index (χ4n) is 1.63. The summed E-state index contributed by atoms with van der Waals surface area (Å²) in [4.78, 5) is 0. The fourth-order valence-corrected chi connectivity index (χ4v) is 2.18. The van der Waals surface area contributed by atoms with Gasteiger partial charge in [-0.3, -0.25) is 0 Å². The molecular formula is C10H12IN. The van der Waals surface area contributed by atoms with Crippen LogP contribution in [-0.4, -0.2) is 6.54 Å². The summed E-state index contributed by atoms with van der Waals surface area (Å²) >= 11 is 2.38. The molecule has 1 heterocycles. The molecule has 0 saturated heterocycles. The Balaban J connectivity index is 2.36. The third kappa shape index (κ3) is 1.80. The first-order valence-electron chi connectivity index (χ1n) is 4.34. The van der Waals surface area contributed by atoms with Crippen molar-refractivity contribution < 1.29 is 0 Å². The summed E-state index contributed by atoms with van der Waals surface area (Å²) in [5, 5.41) is 3.42. The molecule has 0 spiro atoms. The number of nitrogens with one attached hydrogen (secondary N) is 1. The zero-order valence-electron chi connectivity index (χ0n) is 6.94. The SMILES string of the molecule is Ic1ccc2c(c1)CCCNC2. The van der Waals surface area contributed by atoms with E-state index in [0.29, 0.717) is 0 Å². The van der Waals surface area contributed by atoms with E-state index < -0.39 is 0 Å². The molecule has 12 heavy (non-hydrogen) atoms. The highest BCUT2D eigenvalue weighted by atomic mass is 127.